The van der Waals surface area contributed by atoms with E-state index in [4.69, 9.17) is 18.9 Å². The Morgan fingerprint density at radius 1 is 0.721 bits per heavy atom. The summed E-state index contributed by atoms with van der Waals surface area (Å²) in [4.78, 5) is 28.2. The Balaban J connectivity index is 1.62. The predicted molar refractivity (Wildman–Crippen MR) is 155 cm³/mol. The minimum atomic E-state index is -4.48. The third kappa shape index (κ3) is 7.18. The number of amides is 2. The maximum absolute atomic E-state index is 13.9. The predicted octanol–water partition coefficient (Wildman–Crippen LogP) is 6.84. The molecule has 1 N–H and O–H groups in total. The molecule has 0 spiro atoms. The molecule has 0 bridgehead atoms. The Labute approximate surface area is 246 Å². The number of methoxy groups -OCH3 is 4. The zero-order chi connectivity index (χ0) is 31.1. The van der Waals surface area contributed by atoms with Crippen molar-refractivity contribution in [3.05, 3.63) is 107 Å². The molecule has 43 heavy (non-hydrogen) atoms. The molecule has 0 aliphatic carbocycles. The Hall–Kier alpha value is -5.19. The Bertz CT molecular complexity index is 1550. The van der Waals surface area contributed by atoms with Gasteiger partial charge in [-0.15, -0.1) is 0 Å². The van der Waals surface area contributed by atoms with Crippen molar-refractivity contribution in [2.24, 2.45) is 0 Å². The lowest BCUT2D eigenvalue weighted by Crippen LogP contribution is -2.30. The first-order valence-electron chi connectivity index (χ1n) is 12.9. The molecule has 0 aromatic heterocycles. The van der Waals surface area contributed by atoms with E-state index < -0.39 is 17.6 Å². The fourth-order valence-electron chi connectivity index (χ4n) is 4.28. The number of hydrogen-bond donors (Lipinski definition) is 1. The van der Waals surface area contributed by atoms with E-state index in [1.54, 1.807) is 31.4 Å². The highest BCUT2D eigenvalue weighted by Gasteiger charge is 2.30. The first kappa shape index (κ1) is 30.8. The number of benzene rings is 4. The van der Waals surface area contributed by atoms with Gasteiger partial charge in [0.15, 0.2) is 11.5 Å². The van der Waals surface area contributed by atoms with Crippen LogP contribution >= 0.6 is 0 Å². The van der Waals surface area contributed by atoms with Gasteiger partial charge in [-0.3, -0.25) is 9.59 Å². The smallest absolute Gasteiger partial charge is 0.416 e. The molecular weight excluding hydrogens is 565 g/mol. The molecule has 4 aromatic carbocycles. The van der Waals surface area contributed by atoms with Crippen LogP contribution in [0.25, 0.3) is 0 Å². The summed E-state index contributed by atoms with van der Waals surface area (Å²) in [6, 6.07) is 20.6. The van der Waals surface area contributed by atoms with Crippen LogP contribution in [-0.2, 0) is 12.7 Å². The molecule has 0 aliphatic heterocycles. The van der Waals surface area contributed by atoms with Crippen molar-refractivity contribution < 1.29 is 41.7 Å². The highest BCUT2D eigenvalue weighted by Crippen LogP contribution is 2.41. The fraction of sp³-hybridized carbons (Fsp3) is 0.188. The summed E-state index contributed by atoms with van der Waals surface area (Å²) in [6.45, 7) is 0.178. The fourth-order valence-corrected chi connectivity index (χ4v) is 4.28. The van der Waals surface area contributed by atoms with Crippen molar-refractivity contribution in [3.8, 4) is 23.0 Å². The highest BCUT2D eigenvalue weighted by molar-refractivity contribution is 6.08. The molecule has 4 aromatic rings. The number of ether oxygens (including phenoxy) is 4. The SMILES string of the molecule is COc1ccc(CN(C(=O)c2ccc(C(=O)Nc3ccc(C(F)(F)F)cc3)cc2)c2cc(OC)c(OC)c(OC)c2)cc1. The second-order valence-corrected chi connectivity index (χ2v) is 9.23. The van der Waals surface area contributed by atoms with E-state index in [0.717, 1.165) is 17.7 Å². The van der Waals surface area contributed by atoms with Gasteiger partial charge in [-0.2, -0.15) is 13.2 Å². The van der Waals surface area contributed by atoms with E-state index in [9.17, 15) is 22.8 Å². The van der Waals surface area contributed by atoms with Crippen molar-refractivity contribution in [2.75, 3.05) is 38.7 Å². The lowest BCUT2D eigenvalue weighted by atomic mass is 10.1. The van der Waals surface area contributed by atoms with Crippen LogP contribution in [0.5, 0.6) is 23.0 Å². The zero-order valence-electron chi connectivity index (χ0n) is 23.8. The number of anilines is 2. The number of alkyl halides is 3. The number of halogens is 3. The summed E-state index contributed by atoms with van der Waals surface area (Å²) >= 11 is 0. The Morgan fingerprint density at radius 2 is 1.28 bits per heavy atom. The minimum absolute atomic E-state index is 0.178. The van der Waals surface area contributed by atoms with Crippen LogP contribution < -0.4 is 29.2 Å². The number of hydrogen-bond acceptors (Lipinski definition) is 6. The first-order valence-corrected chi connectivity index (χ1v) is 12.9. The average molecular weight is 595 g/mol. The van der Waals surface area contributed by atoms with Crippen LogP contribution in [0.4, 0.5) is 24.5 Å². The normalized spacial score (nSPS) is 11.0. The van der Waals surface area contributed by atoms with Crippen molar-refractivity contribution >= 4 is 23.2 Å². The van der Waals surface area contributed by atoms with Crippen molar-refractivity contribution in [1.29, 1.82) is 0 Å². The Kier molecular flexibility index (Phi) is 9.44. The molecule has 8 nitrogen and oxygen atoms in total. The number of nitrogens with one attached hydrogen (secondary N) is 1. The molecule has 0 radical (unpaired) electrons. The van der Waals surface area contributed by atoms with Crippen molar-refractivity contribution in [2.45, 2.75) is 12.7 Å². The second kappa shape index (κ2) is 13.2. The summed E-state index contributed by atoms with van der Waals surface area (Å²) in [5.74, 6) is 0.839. The third-order valence-electron chi connectivity index (χ3n) is 6.57. The molecule has 0 aliphatic rings. The third-order valence-corrected chi connectivity index (χ3v) is 6.57. The quantitative estimate of drug-likeness (QED) is 0.216. The van der Waals surface area contributed by atoms with Gasteiger partial charge in [0.2, 0.25) is 5.75 Å². The van der Waals surface area contributed by atoms with Gasteiger partial charge in [0, 0.05) is 28.9 Å². The molecule has 0 saturated carbocycles. The minimum Gasteiger partial charge on any atom is -0.497 e. The van der Waals surface area contributed by atoms with Gasteiger partial charge >= 0.3 is 6.18 Å². The molecule has 11 heteroatoms. The molecule has 0 atom stereocenters. The zero-order valence-corrected chi connectivity index (χ0v) is 23.8. The van der Waals surface area contributed by atoms with Crippen LogP contribution in [0.15, 0.2) is 84.9 Å². The van der Waals surface area contributed by atoms with Gasteiger partial charge < -0.3 is 29.2 Å². The average Bonchev–Trinajstić information content (AvgIpc) is 3.02. The molecule has 4 rings (SSSR count). The van der Waals surface area contributed by atoms with Crippen molar-refractivity contribution in [1.82, 2.24) is 0 Å². The molecular formula is C32H29F3N2O6. The maximum Gasteiger partial charge on any atom is 0.416 e. The van der Waals surface area contributed by atoms with E-state index >= 15 is 0 Å². The monoisotopic (exact) mass is 594 g/mol. The highest BCUT2D eigenvalue weighted by atomic mass is 19.4. The lowest BCUT2D eigenvalue weighted by molar-refractivity contribution is -0.137. The van der Waals surface area contributed by atoms with Gasteiger partial charge in [0.05, 0.1) is 46.2 Å². The number of carbonyl (C=O) groups excluding carboxylic acids is 2. The van der Waals surface area contributed by atoms with Gasteiger partial charge in [0.25, 0.3) is 11.8 Å². The largest absolute Gasteiger partial charge is 0.497 e. The maximum atomic E-state index is 13.9. The number of nitrogens with zero attached hydrogens (tertiary/aromatic N) is 1. The summed E-state index contributed by atoms with van der Waals surface area (Å²) in [6.07, 6.45) is -4.48. The summed E-state index contributed by atoms with van der Waals surface area (Å²) < 4.78 is 60.2. The van der Waals surface area contributed by atoms with Gasteiger partial charge in [0.1, 0.15) is 5.75 Å². The summed E-state index contributed by atoms with van der Waals surface area (Å²) in [5.41, 5.74) is 1.17. The lowest BCUT2D eigenvalue weighted by Gasteiger charge is -2.25. The second-order valence-electron chi connectivity index (χ2n) is 9.23. The van der Waals surface area contributed by atoms with E-state index in [1.165, 1.54) is 62.6 Å². The van der Waals surface area contributed by atoms with E-state index in [0.29, 0.717) is 28.7 Å². The van der Waals surface area contributed by atoms with Crippen LogP contribution in [0.3, 0.4) is 0 Å². The van der Waals surface area contributed by atoms with Gasteiger partial charge in [-0.25, -0.2) is 0 Å². The van der Waals surface area contributed by atoms with Crippen LogP contribution in [0.1, 0.15) is 31.8 Å². The van der Waals surface area contributed by atoms with E-state index in [-0.39, 0.29) is 29.3 Å². The topological polar surface area (TPSA) is 86.3 Å². The van der Waals surface area contributed by atoms with Crippen LogP contribution in [-0.4, -0.2) is 40.3 Å². The molecule has 224 valence electrons. The molecule has 2 amide bonds. The van der Waals surface area contributed by atoms with Crippen LogP contribution in [0.2, 0.25) is 0 Å². The van der Waals surface area contributed by atoms with Gasteiger partial charge in [-0.05, 0) is 66.2 Å². The van der Waals surface area contributed by atoms with Gasteiger partial charge in [-0.1, -0.05) is 12.1 Å². The van der Waals surface area contributed by atoms with E-state index in [2.05, 4.69) is 5.32 Å². The standard InChI is InChI=1S/C32H29F3N2O6/c1-40-26-15-5-20(6-16-26)19-37(25-17-27(41-2)29(43-4)28(18-25)42-3)31(39)22-9-7-21(8-10-22)30(38)36-24-13-11-23(12-14-24)32(33,34)35/h5-18H,19H2,1-4H3,(H,36,38). The molecule has 0 heterocycles. The summed E-state index contributed by atoms with van der Waals surface area (Å²) in [5, 5.41) is 2.56. The summed E-state index contributed by atoms with van der Waals surface area (Å²) in [7, 11) is 6.00. The number of carbonyl (C=O) groups is 2. The Morgan fingerprint density at radius 3 is 1.77 bits per heavy atom. The molecule has 0 unspecified atom stereocenters. The number of rotatable bonds is 10. The molecule has 0 fully saturated rings. The van der Waals surface area contributed by atoms with Crippen molar-refractivity contribution in [3.63, 3.8) is 0 Å². The van der Waals surface area contributed by atoms with E-state index in [1.807, 2.05) is 12.1 Å². The van der Waals surface area contributed by atoms with Crippen LogP contribution in [0, 0.1) is 0 Å². The first-order chi connectivity index (χ1) is 20.6. The molecule has 0 saturated heterocycles.